The molecule has 0 bridgehead atoms. The number of nitrogens with two attached hydrogens (primary N) is 1. The summed E-state index contributed by atoms with van der Waals surface area (Å²) in [6.45, 7) is 2.86. The smallest absolute Gasteiger partial charge is 0.0648 e. The molecule has 2 rings (SSSR count). The lowest BCUT2D eigenvalue weighted by atomic mass is 9.77. The predicted molar refractivity (Wildman–Crippen MR) is 70.7 cm³/mol. The Morgan fingerprint density at radius 3 is 2.65 bits per heavy atom. The lowest BCUT2D eigenvalue weighted by Crippen LogP contribution is -2.41. The van der Waals surface area contributed by atoms with E-state index in [1.165, 1.54) is 12.0 Å². The zero-order chi connectivity index (χ0) is 12.3. The van der Waals surface area contributed by atoms with Crippen LogP contribution >= 0.6 is 0 Å². The van der Waals surface area contributed by atoms with Crippen LogP contribution in [0.25, 0.3) is 0 Å². The molecule has 2 nitrogen and oxygen atoms in total. The van der Waals surface area contributed by atoms with Crippen molar-refractivity contribution in [1.29, 1.82) is 0 Å². The number of aliphatic hydroxyl groups excluding tert-OH is 1. The van der Waals surface area contributed by atoms with Crippen LogP contribution in [0.3, 0.4) is 0 Å². The first kappa shape index (κ1) is 12.6. The Hall–Kier alpha value is -0.860. The SMILES string of the molecule is CC1CCC(CN)(C(O)Cc2ccccc2)C1. The summed E-state index contributed by atoms with van der Waals surface area (Å²) in [5.41, 5.74) is 7.08. The summed E-state index contributed by atoms with van der Waals surface area (Å²) in [4.78, 5) is 0. The van der Waals surface area contributed by atoms with E-state index >= 15 is 0 Å². The molecule has 0 heterocycles. The largest absolute Gasteiger partial charge is 0.392 e. The standard InChI is InChI=1S/C15H23NO/c1-12-7-8-15(10-12,11-16)14(17)9-13-5-3-2-4-6-13/h2-6,12,14,17H,7-11,16H2,1H3. The Kier molecular flexibility index (Phi) is 3.85. The number of rotatable bonds is 4. The van der Waals surface area contributed by atoms with Crippen molar-refractivity contribution in [3.8, 4) is 0 Å². The first-order valence-corrected chi connectivity index (χ1v) is 6.58. The molecule has 1 aromatic rings. The molecule has 3 N–H and O–H groups in total. The Labute approximate surface area is 104 Å². The molecule has 1 aromatic carbocycles. The Morgan fingerprint density at radius 2 is 2.12 bits per heavy atom. The van der Waals surface area contributed by atoms with Crippen molar-refractivity contribution in [3.63, 3.8) is 0 Å². The normalized spacial score (nSPS) is 30.4. The van der Waals surface area contributed by atoms with Crippen LogP contribution in [0, 0.1) is 11.3 Å². The topological polar surface area (TPSA) is 46.2 Å². The fraction of sp³-hybridized carbons (Fsp3) is 0.600. The maximum Gasteiger partial charge on any atom is 0.0648 e. The lowest BCUT2D eigenvalue weighted by molar-refractivity contribution is 0.0326. The molecule has 0 aliphatic heterocycles. The molecule has 94 valence electrons. The van der Waals surface area contributed by atoms with Crippen molar-refractivity contribution in [1.82, 2.24) is 0 Å². The molecular weight excluding hydrogens is 210 g/mol. The summed E-state index contributed by atoms with van der Waals surface area (Å²) >= 11 is 0. The second-order valence-corrected chi connectivity index (χ2v) is 5.62. The second kappa shape index (κ2) is 5.19. The van der Waals surface area contributed by atoms with Gasteiger partial charge in [-0.3, -0.25) is 0 Å². The van der Waals surface area contributed by atoms with Gasteiger partial charge in [-0.25, -0.2) is 0 Å². The van der Waals surface area contributed by atoms with Gasteiger partial charge in [0.1, 0.15) is 0 Å². The van der Waals surface area contributed by atoms with E-state index in [4.69, 9.17) is 5.73 Å². The summed E-state index contributed by atoms with van der Waals surface area (Å²) in [6, 6.07) is 10.2. The molecule has 1 fully saturated rings. The fourth-order valence-electron chi connectivity index (χ4n) is 3.11. The highest BCUT2D eigenvalue weighted by Crippen LogP contribution is 2.44. The third-order valence-corrected chi connectivity index (χ3v) is 4.28. The number of aliphatic hydroxyl groups is 1. The van der Waals surface area contributed by atoms with Gasteiger partial charge in [0.25, 0.3) is 0 Å². The first-order chi connectivity index (χ1) is 8.16. The van der Waals surface area contributed by atoms with E-state index in [0.29, 0.717) is 12.5 Å². The van der Waals surface area contributed by atoms with Gasteiger partial charge in [-0.1, -0.05) is 43.7 Å². The summed E-state index contributed by atoms with van der Waals surface area (Å²) in [6.07, 6.45) is 3.75. The van der Waals surface area contributed by atoms with E-state index in [-0.39, 0.29) is 11.5 Å². The third kappa shape index (κ3) is 2.70. The molecular formula is C15H23NO. The molecule has 1 aliphatic rings. The second-order valence-electron chi connectivity index (χ2n) is 5.62. The van der Waals surface area contributed by atoms with Crippen LogP contribution in [-0.4, -0.2) is 17.8 Å². The van der Waals surface area contributed by atoms with Crippen molar-refractivity contribution in [2.45, 2.75) is 38.7 Å². The van der Waals surface area contributed by atoms with Gasteiger partial charge in [-0.15, -0.1) is 0 Å². The van der Waals surface area contributed by atoms with Gasteiger partial charge in [0, 0.05) is 12.0 Å². The average molecular weight is 233 g/mol. The van der Waals surface area contributed by atoms with E-state index in [0.717, 1.165) is 19.3 Å². The number of benzene rings is 1. The molecule has 0 amide bonds. The van der Waals surface area contributed by atoms with Crippen LogP contribution in [0.5, 0.6) is 0 Å². The molecule has 1 saturated carbocycles. The summed E-state index contributed by atoms with van der Waals surface area (Å²) in [5.74, 6) is 0.698. The summed E-state index contributed by atoms with van der Waals surface area (Å²) in [7, 11) is 0. The van der Waals surface area contributed by atoms with Crippen LogP contribution in [0.2, 0.25) is 0 Å². The quantitative estimate of drug-likeness (QED) is 0.838. The minimum atomic E-state index is -0.306. The predicted octanol–water partition coefficient (Wildman–Crippen LogP) is 2.36. The minimum Gasteiger partial charge on any atom is -0.392 e. The maximum absolute atomic E-state index is 10.5. The monoisotopic (exact) mass is 233 g/mol. The highest BCUT2D eigenvalue weighted by atomic mass is 16.3. The van der Waals surface area contributed by atoms with Crippen molar-refractivity contribution < 1.29 is 5.11 Å². The van der Waals surface area contributed by atoms with Gasteiger partial charge < -0.3 is 10.8 Å². The van der Waals surface area contributed by atoms with Crippen LogP contribution < -0.4 is 5.73 Å². The molecule has 3 atom stereocenters. The van der Waals surface area contributed by atoms with Gasteiger partial charge in [0.05, 0.1) is 6.10 Å². The van der Waals surface area contributed by atoms with Crippen molar-refractivity contribution in [3.05, 3.63) is 35.9 Å². The average Bonchev–Trinajstić information content (AvgIpc) is 2.73. The third-order valence-electron chi connectivity index (χ3n) is 4.28. The van der Waals surface area contributed by atoms with Crippen LogP contribution in [0.4, 0.5) is 0 Å². The van der Waals surface area contributed by atoms with Crippen molar-refractivity contribution in [2.75, 3.05) is 6.54 Å². The zero-order valence-corrected chi connectivity index (χ0v) is 10.6. The van der Waals surface area contributed by atoms with E-state index < -0.39 is 0 Å². The van der Waals surface area contributed by atoms with Gasteiger partial charge in [0.15, 0.2) is 0 Å². The Morgan fingerprint density at radius 1 is 1.41 bits per heavy atom. The molecule has 2 heteroatoms. The highest BCUT2D eigenvalue weighted by molar-refractivity contribution is 5.16. The number of hydrogen-bond donors (Lipinski definition) is 2. The summed E-state index contributed by atoms with van der Waals surface area (Å²) < 4.78 is 0. The maximum atomic E-state index is 10.5. The first-order valence-electron chi connectivity index (χ1n) is 6.58. The van der Waals surface area contributed by atoms with Crippen LogP contribution in [-0.2, 0) is 6.42 Å². The van der Waals surface area contributed by atoms with Gasteiger partial charge in [-0.05, 0) is 30.7 Å². The lowest BCUT2D eigenvalue weighted by Gasteiger charge is -2.33. The zero-order valence-electron chi connectivity index (χ0n) is 10.6. The van der Waals surface area contributed by atoms with Gasteiger partial charge >= 0.3 is 0 Å². The van der Waals surface area contributed by atoms with Gasteiger partial charge in [-0.2, -0.15) is 0 Å². The Balaban J connectivity index is 2.06. The van der Waals surface area contributed by atoms with Crippen molar-refractivity contribution in [2.24, 2.45) is 17.1 Å². The molecule has 17 heavy (non-hydrogen) atoms. The van der Waals surface area contributed by atoms with E-state index in [1.54, 1.807) is 0 Å². The molecule has 0 aromatic heterocycles. The molecule has 0 spiro atoms. The molecule has 1 aliphatic carbocycles. The van der Waals surface area contributed by atoms with Crippen LogP contribution in [0.15, 0.2) is 30.3 Å². The highest BCUT2D eigenvalue weighted by Gasteiger charge is 2.41. The van der Waals surface area contributed by atoms with E-state index in [2.05, 4.69) is 19.1 Å². The Bertz CT molecular complexity index is 351. The number of hydrogen-bond acceptors (Lipinski definition) is 2. The van der Waals surface area contributed by atoms with Crippen molar-refractivity contribution >= 4 is 0 Å². The molecule has 3 unspecified atom stereocenters. The fourth-order valence-corrected chi connectivity index (χ4v) is 3.11. The summed E-state index contributed by atoms with van der Waals surface area (Å²) in [5, 5.41) is 10.5. The molecule has 0 radical (unpaired) electrons. The van der Waals surface area contributed by atoms with E-state index in [1.807, 2.05) is 18.2 Å². The van der Waals surface area contributed by atoms with E-state index in [9.17, 15) is 5.11 Å². The molecule has 0 saturated heterocycles. The van der Waals surface area contributed by atoms with Gasteiger partial charge in [0.2, 0.25) is 0 Å². The minimum absolute atomic E-state index is 0.0464. The van der Waals surface area contributed by atoms with Crippen LogP contribution in [0.1, 0.15) is 31.7 Å².